The van der Waals surface area contributed by atoms with Crippen molar-refractivity contribution < 1.29 is 14.3 Å². The topological polar surface area (TPSA) is 59.5 Å². The lowest BCUT2D eigenvalue weighted by molar-refractivity contribution is -0.131. The quantitative estimate of drug-likeness (QED) is 0.440. The van der Waals surface area contributed by atoms with Gasteiger partial charge >= 0.3 is 0 Å². The molecule has 0 saturated heterocycles. The van der Waals surface area contributed by atoms with Crippen molar-refractivity contribution in [3.8, 4) is 0 Å². The molecule has 1 fully saturated rings. The van der Waals surface area contributed by atoms with Crippen LogP contribution in [0.2, 0.25) is 0 Å². The van der Waals surface area contributed by atoms with Crippen LogP contribution in [-0.2, 0) is 14.3 Å². The Hall–Kier alpha value is -2.12. The number of hydrogen-bond donors (Lipinski definition) is 0. The minimum absolute atomic E-state index is 0.0397. The molecule has 1 amide bonds. The van der Waals surface area contributed by atoms with Crippen LogP contribution in [0.3, 0.4) is 0 Å². The minimum atomic E-state index is -0.531. The predicted octanol–water partition coefficient (Wildman–Crippen LogP) is 4.99. The Morgan fingerprint density at radius 3 is 2.61 bits per heavy atom. The molecule has 0 spiro atoms. The van der Waals surface area contributed by atoms with Gasteiger partial charge in [-0.25, -0.2) is 4.98 Å². The van der Waals surface area contributed by atoms with Gasteiger partial charge in [0.1, 0.15) is 11.9 Å². The molecular weight excluding hydrogens is 476 g/mol. The van der Waals surface area contributed by atoms with Crippen molar-refractivity contribution >= 4 is 45.2 Å². The van der Waals surface area contributed by atoms with Crippen LogP contribution in [0.15, 0.2) is 58.7 Å². The van der Waals surface area contributed by atoms with E-state index in [0.29, 0.717) is 16.2 Å². The zero-order chi connectivity index (χ0) is 21.7. The summed E-state index contributed by atoms with van der Waals surface area (Å²) in [7, 11) is 0. The molecule has 7 heteroatoms. The number of nitrogens with zero attached hydrogens (tertiary/aromatic N) is 2. The average molecular weight is 499 g/mol. The van der Waals surface area contributed by atoms with Gasteiger partial charge in [0.25, 0.3) is 5.91 Å². The number of carbonyl (C=O) groups excluding carboxylic acids is 2. The summed E-state index contributed by atoms with van der Waals surface area (Å²) in [5.74, 6) is 0.290. The van der Waals surface area contributed by atoms with E-state index in [9.17, 15) is 9.59 Å². The fourth-order valence-corrected chi connectivity index (χ4v) is 5.89. The number of aromatic nitrogens is 1. The van der Waals surface area contributed by atoms with Crippen molar-refractivity contribution in [2.45, 2.75) is 48.1 Å². The molecular formula is C24H23BrN2O3S. The first-order valence-corrected chi connectivity index (χ1v) is 12.6. The maximum Gasteiger partial charge on any atom is 0.295 e. The Bertz CT molecular complexity index is 1080. The van der Waals surface area contributed by atoms with E-state index in [4.69, 9.17) is 4.74 Å². The Balaban J connectivity index is 1.64. The number of carbonyl (C=O) groups is 2. The van der Waals surface area contributed by atoms with E-state index in [1.165, 1.54) is 0 Å². The van der Waals surface area contributed by atoms with Crippen molar-refractivity contribution in [2.24, 2.45) is 5.92 Å². The Morgan fingerprint density at radius 2 is 1.90 bits per heavy atom. The number of pyridine rings is 1. The normalized spacial score (nSPS) is 27.8. The Morgan fingerprint density at radius 1 is 1.13 bits per heavy atom. The number of halogens is 1. The first-order chi connectivity index (χ1) is 15.0. The summed E-state index contributed by atoms with van der Waals surface area (Å²) in [6, 6.07) is 13.1. The highest BCUT2D eigenvalue weighted by Crippen LogP contribution is 2.48. The highest BCUT2D eigenvalue weighted by atomic mass is 79.9. The lowest BCUT2D eigenvalue weighted by Crippen LogP contribution is -2.41. The van der Waals surface area contributed by atoms with Crippen LogP contribution in [0, 0.1) is 12.8 Å². The fourth-order valence-electron chi connectivity index (χ4n) is 4.82. The summed E-state index contributed by atoms with van der Waals surface area (Å²) < 4.78 is 6.24. The molecule has 0 radical (unpaired) electrons. The highest BCUT2D eigenvalue weighted by molar-refractivity contribution is 9.09. The molecule has 1 aromatic heterocycles. The smallest absolute Gasteiger partial charge is 0.295 e. The zero-order valence-electron chi connectivity index (χ0n) is 17.4. The van der Waals surface area contributed by atoms with E-state index in [1.54, 1.807) is 16.7 Å². The number of anilines is 1. The van der Waals surface area contributed by atoms with Crippen LogP contribution in [-0.4, -0.2) is 33.9 Å². The van der Waals surface area contributed by atoms with Gasteiger partial charge in [0.05, 0.1) is 17.5 Å². The van der Waals surface area contributed by atoms with E-state index < -0.39 is 6.04 Å². The van der Waals surface area contributed by atoms with Gasteiger partial charge in [-0.1, -0.05) is 34.1 Å². The molecule has 1 saturated carbocycles. The van der Waals surface area contributed by atoms with E-state index in [1.807, 2.05) is 55.6 Å². The molecule has 5 rings (SSSR count). The van der Waals surface area contributed by atoms with Gasteiger partial charge in [-0.2, -0.15) is 0 Å². The van der Waals surface area contributed by atoms with Crippen LogP contribution in [0.4, 0.5) is 5.82 Å². The molecule has 5 nitrogen and oxygen atoms in total. The third-order valence-electron chi connectivity index (χ3n) is 6.34. The molecule has 0 bridgehead atoms. The van der Waals surface area contributed by atoms with Crippen LogP contribution < -0.4 is 4.90 Å². The van der Waals surface area contributed by atoms with Crippen molar-refractivity contribution in [1.29, 1.82) is 0 Å². The monoisotopic (exact) mass is 498 g/mol. The number of ether oxygens (including phenoxy) is 1. The second-order valence-corrected chi connectivity index (χ2v) is 10.4. The summed E-state index contributed by atoms with van der Waals surface area (Å²) in [5, 5.41) is 0. The molecule has 2 aromatic rings. The fraction of sp³-hybridized carbons (Fsp3) is 0.375. The van der Waals surface area contributed by atoms with E-state index in [2.05, 4.69) is 20.9 Å². The summed E-state index contributed by atoms with van der Waals surface area (Å²) in [6.07, 6.45) is 4.24. The molecule has 1 aromatic carbocycles. The van der Waals surface area contributed by atoms with Crippen LogP contribution >= 0.6 is 27.7 Å². The maximum atomic E-state index is 13.7. The molecule has 3 aliphatic rings. The Kier molecular flexibility index (Phi) is 5.42. The van der Waals surface area contributed by atoms with Crippen LogP contribution in [0.25, 0.3) is 0 Å². The molecule has 2 aliphatic heterocycles. The molecule has 4 atom stereocenters. The number of aryl methyl sites for hydroxylation is 1. The first kappa shape index (κ1) is 20.8. The number of alkyl halides is 1. The van der Waals surface area contributed by atoms with Crippen molar-refractivity contribution in [1.82, 2.24) is 4.98 Å². The van der Waals surface area contributed by atoms with Gasteiger partial charge in [0, 0.05) is 15.4 Å². The second-order valence-electron chi connectivity index (χ2n) is 8.27. The van der Waals surface area contributed by atoms with Gasteiger partial charge in [0.2, 0.25) is 0 Å². The van der Waals surface area contributed by atoms with E-state index >= 15 is 0 Å². The lowest BCUT2D eigenvalue weighted by Gasteiger charge is -2.37. The van der Waals surface area contributed by atoms with Crippen LogP contribution in [0.5, 0.6) is 0 Å². The van der Waals surface area contributed by atoms with E-state index in [-0.39, 0.29) is 29.5 Å². The number of fused-ring (bicyclic) bond motifs is 1. The van der Waals surface area contributed by atoms with Gasteiger partial charge < -0.3 is 4.74 Å². The molecule has 1 aliphatic carbocycles. The van der Waals surface area contributed by atoms with Gasteiger partial charge in [-0.3, -0.25) is 14.5 Å². The first-order valence-electron chi connectivity index (χ1n) is 10.5. The van der Waals surface area contributed by atoms with Crippen molar-refractivity contribution in [3.05, 3.63) is 65.1 Å². The van der Waals surface area contributed by atoms with Gasteiger partial charge in [0.15, 0.2) is 11.5 Å². The zero-order valence-corrected chi connectivity index (χ0v) is 19.8. The summed E-state index contributed by atoms with van der Waals surface area (Å²) in [6.45, 7) is 1.89. The van der Waals surface area contributed by atoms with Crippen LogP contribution in [0.1, 0.15) is 36.6 Å². The SMILES string of the molecule is CSc1ccc(C2C3=C(OC4CCC(Br)CC4C3=O)C(=O)N2c2cccc(C)n2)cc1. The summed E-state index contributed by atoms with van der Waals surface area (Å²) in [5.41, 5.74) is 2.18. The molecule has 4 unspecified atom stereocenters. The number of thioether (sulfide) groups is 1. The molecule has 160 valence electrons. The third-order valence-corrected chi connectivity index (χ3v) is 7.91. The maximum absolute atomic E-state index is 13.7. The number of amides is 1. The largest absolute Gasteiger partial charge is 0.483 e. The predicted molar refractivity (Wildman–Crippen MR) is 124 cm³/mol. The average Bonchev–Trinajstić information content (AvgIpc) is 3.07. The second kappa shape index (κ2) is 8.10. The highest BCUT2D eigenvalue weighted by Gasteiger charge is 2.53. The van der Waals surface area contributed by atoms with E-state index in [0.717, 1.165) is 35.4 Å². The summed E-state index contributed by atoms with van der Waals surface area (Å²) in [4.78, 5) is 35.0. The number of Topliss-reactive ketones (excluding diaryl/α,β-unsaturated/α-hetero) is 1. The third kappa shape index (κ3) is 3.52. The van der Waals surface area contributed by atoms with Crippen molar-refractivity contribution in [3.63, 3.8) is 0 Å². The van der Waals surface area contributed by atoms with Crippen molar-refractivity contribution in [2.75, 3.05) is 11.2 Å². The lowest BCUT2D eigenvalue weighted by atomic mass is 9.77. The molecule has 0 N–H and O–H groups in total. The number of rotatable bonds is 3. The van der Waals surface area contributed by atoms with Gasteiger partial charge in [-0.05, 0) is 62.3 Å². The summed E-state index contributed by atoms with van der Waals surface area (Å²) >= 11 is 5.34. The Labute approximate surface area is 194 Å². The van der Waals surface area contributed by atoms with Gasteiger partial charge in [-0.15, -0.1) is 11.8 Å². The molecule has 31 heavy (non-hydrogen) atoms. The number of ketones is 1. The minimum Gasteiger partial charge on any atom is -0.483 e. The standard InChI is InChI=1S/C24H23BrN2O3S/c1-13-4-3-5-19(26-13)27-21(14-6-9-16(31-2)10-7-14)20-22(28)17-12-15(25)8-11-18(17)30-23(20)24(27)29/h3-7,9-10,15,17-18,21H,8,11-12H2,1-2H3. The number of benzene rings is 1. The molecule has 3 heterocycles. The number of hydrogen-bond acceptors (Lipinski definition) is 5.